The predicted molar refractivity (Wildman–Crippen MR) is 41.1 cm³/mol. The van der Waals surface area contributed by atoms with Gasteiger partial charge in [-0.2, -0.15) is 0 Å². The Bertz CT molecular complexity index is 169. The van der Waals surface area contributed by atoms with Crippen molar-refractivity contribution in [1.82, 2.24) is 0 Å². The van der Waals surface area contributed by atoms with Gasteiger partial charge in [0.15, 0.2) is 12.3 Å². The molecule has 0 aliphatic carbocycles. The molecule has 2 fully saturated rings. The number of ether oxygens (including phenoxy) is 2. The molecular weight excluding hydrogens is 142 g/mol. The lowest BCUT2D eigenvalue weighted by atomic mass is 10.5. The van der Waals surface area contributed by atoms with Crippen molar-refractivity contribution < 1.29 is 14.0 Å². The van der Waals surface area contributed by atoms with Crippen LogP contribution in [0.5, 0.6) is 0 Å². The van der Waals surface area contributed by atoms with Gasteiger partial charge in [-0.25, -0.2) is 0 Å². The van der Waals surface area contributed by atoms with E-state index in [2.05, 4.69) is 14.1 Å². The van der Waals surface area contributed by atoms with E-state index in [1.165, 1.54) is 6.54 Å². The van der Waals surface area contributed by atoms with E-state index < -0.39 is 0 Å². The molecule has 0 radical (unpaired) electrons. The second kappa shape index (κ2) is 2.19. The first-order valence-electron chi connectivity index (χ1n) is 4.19. The highest BCUT2D eigenvalue weighted by Crippen LogP contribution is 2.28. The molecule has 3 nitrogen and oxygen atoms in total. The van der Waals surface area contributed by atoms with E-state index in [0.29, 0.717) is 12.1 Å². The van der Waals surface area contributed by atoms with Gasteiger partial charge in [0.25, 0.3) is 0 Å². The van der Waals surface area contributed by atoms with Crippen molar-refractivity contribution >= 4 is 0 Å². The third kappa shape index (κ3) is 1.55. The maximum Gasteiger partial charge on any atom is 0.184 e. The molecular formula is C8H16NO2+. The number of rotatable bonds is 3. The molecule has 0 saturated carbocycles. The lowest BCUT2D eigenvalue weighted by Gasteiger charge is -2.04. The monoisotopic (exact) mass is 158 g/mol. The van der Waals surface area contributed by atoms with Crippen LogP contribution in [0.4, 0.5) is 0 Å². The number of epoxide rings is 1. The SMILES string of the molecule is CC1OC1OCC1C[N+]1(C)C. The molecule has 0 N–H and O–H groups in total. The number of likely N-dealkylation sites (N-methyl/N-ethyl adjacent to an activating group) is 1. The maximum atomic E-state index is 5.49. The third-order valence-corrected chi connectivity index (χ3v) is 2.64. The van der Waals surface area contributed by atoms with Gasteiger partial charge in [0, 0.05) is 0 Å². The Morgan fingerprint density at radius 1 is 1.55 bits per heavy atom. The quantitative estimate of drug-likeness (QED) is 0.432. The summed E-state index contributed by atoms with van der Waals surface area (Å²) in [5, 5.41) is 0. The Morgan fingerprint density at radius 2 is 2.09 bits per heavy atom. The minimum Gasteiger partial charge on any atom is -0.344 e. The molecule has 3 unspecified atom stereocenters. The van der Waals surface area contributed by atoms with Gasteiger partial charge in [0.05, 0.1) is 14.1 Å². The highest BCUT2D eigenvalue weighted by Gasteiger charge is 2.49. The van der Waals surface area contributed by atoms with E-state index in [-0.39, 0.29) is 6.29 Å². The summed E-state index contributed by atoms with van der Waals surface area (Å²) < 4.78 is 11.7. The van der Waals surface area contributed by atoms with Gasteiger partial charge in [-0.15, -0.1) is 0 Å². The van der Waals surface area contributed by atoms with Gasteiger partial charge in [-0.3, -0.25) is 0 Å². The molecule has 2 aliphatic heterocycles. The second-order valence-corrected chi connectivity index (χ2v) is 4.16. The Hall–Kier alpha value is -0.120. The van der Waals surface area contributed by atoms with Crippen molar-refractivity contribution in [3.05, 3.63) is 0 Å². The average molecular weight is 158 g/mol. The molecule has 0 bridgehead atoms. The molecule has 0 aromatic heterocycles. The summed E-state index contributed by atoms with van der Waals surface area (Å²) >= 11 is 0. The van der Waals surface area contributed by atoms with E-state index in [1.807, 2.05) is 6.92 Å². The number of quaternary nitrogens is 1. The van der Waals surface area contributed by atoms with Crippen LogP contribution in [0.15, 0.2) is 0 Å². The Morgan fingerprint density at radius 3 is 2.45 bits per heavy atom. The summed E-state index contributed by atoms with van der Waals surface area (Å²) in [4.78, 5) is 0. The standard InChI is InChI=1S/C8H16NO2/c1-6-8(11-6)10-5-7-4-9(7,2)3/h6-8H,4-5H2,1-3H3/q+1. The molecule has 2 saturated heterocycles. The van der Waals surface area contributed by atoms with Gasteiger partial charge in [0.2, 0.25) is 0 Å². The molecule has 3 atom stereocenters. The van der Waals surface area contributed by atoms with Gasteiger partial charge in [-0.1, -0.05) is 0 Å². The molecule has 0 spiro atoms. The van der Waals surface area contributed by atoms with Crippen LogP contribution in [-0.4, -0.2) is 50.2 Å². The van der Waals surface area contributed by atoms with Crippen molar-refractivity contribution in [1.29, 1.82) is 0 Å². The first-order valence-corrected chi connectivity index (χ1v) is 4.19. The minimum absolute atomic E-state index is 0.107. The minimum atomic E-state index is 0.107. The predicted octanol–water partition coefficient (Wildman–Crippen LogP) is 0.206. The van der Waals surface area contributed by atoms with Gasteiger partial charge < -0.3 is 14.0 Å². The van der Waals surface area contributed by atoms with Gasteiger partial charge in [0.1, 0.15) is 19.3 Å². The molecule has 0 aromatic carbocycles. The van der Waals surface area contributed by atoms with E-state index in [0.717, 1.165) is 11.1 Å². The molecule has 11 heavy (non-hydrogen) atoms. The van der Waals surface area contributed by atoms with Crippen LogP contribution in [0.25, 0.3) is 0 Å². The van der Waals surface area contributed by atoms with Crippen LogP contribution in [0.2, 0.25) is 0 Å². The van der Waals surface area contributed by atoms with Crippen LogP contribution in [0, 0.1) is 0 Å². The molecule has 0 aromatic rings. The molecule has 3 heteroatoms. The fourth-order valence-corrected chi connectivity index (χ4v) is 1.30. The van der Waals surface area contributed by atoms with Crippen LogP contribution in [0.3, 0.4) is 0 Å². The molecule has 2 rings (SSSR count). The highest BCUT2D eigenvalue weighted by atomic mass is 16.8. The smallest absolute Gasteiger partial charge is 0.184 e. The summed E-state index contributed by atoms with van der Waals surface area (Å²) in [5.41, 5.74) is 0. The van der Waals surface area contributed by atoms with Crippen molar-refractivity contribution in [2.75, 3.05) is 27.2 Å². The largest absolute Gasteiger partial charge is 0.344 e. The average Bonchev–Trinajstić information content (AvgIpc) is 2.70. The molecule has 0 amide bonds. The summed E-state index contributed by atoms with van der Waals surface area (Å²) in [6.07, 6.45) is 0.444. The summed E-state index contributed by atoms with van der Waals surface area (Å²) in [7, 11) is 4.45. The van der Waals surface area contributed by atoms with Crippen molar-refractivity contribution in [2.45, 2.75) is 25.4 Å². The van der Waals surface area contributed by atoms with E-state index in [4.69, 9.17) is 9.47 Å². The highest BCUT2D eigenvalue weighted by molar-refractivity contribution is 4.75. The zero-order valence-corrected chi connectivity index (χ0v) is 7.41. The Labute approximate surface area is 67.5 Å². The van der Waals surface area contributed by atoms with E-state index in [1.54, 1.807) is 0 Å². The molecule has 64 valence electrons. The molecule has 2 heterocycles. The normalized spacial score (nSPS) is 45.5. The van der Waals surface area contributed by atoms with Gasteiger partial charge in [-0.05, 0) is 6.92 Å². The first-order chi connectivity index (χ1) is 5.09. The van der Waals surface area contributed by atoms with E-state index >= 15 is 0 Å². The first kappa shape index (κ1) is 7.53. The second-order valence-electron chi connectivity index (χ2n) is 4.16. The summed E-state index contributed by atoms with van der Waals surface area (Å²) in [6, 6.07) is 0.714. The van der Waals surface area contributed by atoms with Crippen LogP contribution in [0.1, 0.15) is 6.92 Å². The lowest BCUT2D eigenvalue weighted by Crippen LogP contribution is -2.20. The van der Waals surface area contributed by atoms with Crippen molar-refractivity contribution in [3.63, 3.8) is 0 Å². The van der Waals surface area contributed by atoms with Crippen LogP contribution < -0.4 is 0 Å². The molecule has 2 aliphatic rings. The van der Waals surface area contributed by atoms with Crippen LogP contribution in [-0.2, 0) is 9.47 Å². The fourth-order valence-electron chi connectivity index (χ4n) is 1.30. The van der Waals surface area contributed by atoms with Crippen LogP contribution >= 0.6 is 0 Å². The zero-order valence-electron chi connectivity index (χ0n) is 7.41. The van der Waals surface area contributed by atoms with Gasteiger partial charge >= 0.3 is 0 Å². The van der Waals surface area contributed by atoms with Crippen molar-refractivity contribution in [2.24, 2.45) is 0 Å². The number of hydrogen-bond acceptors (Lipinski definition) is 2. The van der Waals surface area contributed by atoms with Crippen molar-refractivity contribution in [3.8, 4) is 0 Å². The summed E-state index contributed by atoms with van der Waals surface area (Å²) in [6.45, 7) is 4.15. The summed E-state index contributed by atoms with van der Waals surface area (Å²) in [5.74, 6) is 0. The topological polar surface area (TPSA) is 21.8 Å². The number of hydrogen-bond donors (Lipinski definition) is 0. The number of nitrogens with zero attached hydrogens (tertiary/aromatic N) is 1. The third-order valence-electron chi connectivity index (χ3n) is 2.64. The Balaban J connectivity index is 1.62. The zero-order chi connectivity index (χ0) is 8.06. The fraction of sp³-hybridized carbons (Fsp3) is 1.00. The van der Waals surface area contributed by atoms with E-state index in [9.17, 15) is 0 Å². The Kier molecular flexibility index (Phi) is 1.50. The lowest BCUT2D eigenvalue weighted by molar-refractivity contribution is -0.769. The maximum absolute atomic E-state index is 5.49.